The van der Waals surface area contributed by atoms with Gasteiger partial charge in [-0.05, 0) is 43.4 Å². The maximum absolute atomic E-state index is 12.3. The van der Waals surface area contributed by atoms with Crippen molar-refractivity contribution in [1.29, 1.82) is 0 Å². The molecule has 2 rings (SSSR count). The van der Waals surface area contributed by atoms with Crippen LogP contribution in [-0.2, 0) is 14.8 Å². The van der Waals surface area contributed by atoms with Gasteiger partial charge in [-0.2, -0.15) is 16.1 Å². The lowest BCUT2D eigenvalue weighted by atomic mass is 10.2. The summed E-state index contributed by atoms with van der Waals surface area (Å²) in [6, 6.07) is 5.95. The minimum atomic E-state index is -3.42. The maximum Gasteiger partial charge on any atom is 0.338 e. The topological polar surface area (TPSA) is 63.7 Å². The fraction of sp³-hybridized carbons (Fsp3) is 0.500. The number of rotatable bonds is 6. The second-order valence-electron chi connectivity index (χ2n) is 4.76. The summed E-state index contributed by atoms with van der Waals surface area (Å²) in [5, 5.41) is 0. The summed E-state index contributed by atoms with van der Waals surface area (Å²) in [5.41, 5.74) is 0.372. The number of hydrogen-bond acceptors (Lipinski definition) is 5. The summed E-state index contributed by atoms with van der Waals surface area (Å²) in [6.07, 6.45) is 3.74. The van der Waals surface area contributed by atoms with Crippen LogP contribution in [0.25, 0.3) is 0 Å². The van der Waals surface area contributed by atoms with Gasteiger partial charge in [-0.15, -0.1) is 0 Å². The van der Waals surface area contributed by atoms with Gasteiger partial charge in [0.1, 0.15) is 6.61 Å². The van der Waals surface area contributed by atoms with Gasteiger partial charge in [-0.3, -0.25) is 0 Å². The van der Waals surface area contributed by atoms with Crippen LogP contribution in [0.1, 0.15) is 23.2 Å². The lowest BCUT2D eigenvalue weighted by Gasteiger charge is -2.15. The Morgan fingerprint density at radius 2 is 1.86 bits per heavy atom. The molecule has 1 aliphatic rings. The first-order valence-corrected chi connectivity index (χ1v) is 9.65. The minimum Gasteiger partial charge on any atom is -0.461 e. The Hall–Kier alpha value is -1.05. The van der Waals surface area contributed by atoms with E-state index in [0.717, 1.165) is 18.6 Å². The van der Waals surface area contributed by atoms with Crippen molar-refractivity contribution >= 4 is 27.8 Å². The molecule has 0 spiro atoms. The highest BCUT2D eigenvalue weighted by atomic mass is 32.2. The first-order valence-electron chi connectivity index (χ1n) is 6.82. The van der Waals surface area contributed by atoms with Crippen molar-refractivity contribution in [2.75, 3.05) is 31.7 Å². The van der Waals surface area contributed by atoms with Gasteiger partial charge in [0.25, 0.3) is 0 Å². The van der Waals surface area contributed by atoms with E-state index >= 15 is 0 Å². The first-order chi connectivity index (χ1) is 10.1. The molecule has 0 amide bonds. The predicted molar refractivity (Wildman–Crippen MR) is 83.1 cm³/mol. The third kappa shape index (κ3) is 3.99. The smallest absolute Gasteiger partial charge is 0.338 e. The summed E-state index contributed by atoms with van der Waals surface area (Å²) in [7, 11) is -3.42. The van der Waals surface area contributed by atoms with Gasteiger partial charge >= 0.3 is 5.97 Å². The number of carbonyl (C=O) groups excluding carboxylic acids is 1. The maximum atomic E-state index is 12.3. The van der Waals surface area contributed by atoms with Gasteiger partial charge in [-0.25, -0.2) is 13.2 Å². The molecular formula is C14H19NO4S2. The Balaban J connectivity index is 2.06. The Kier molecular flexibility index (Phi) is 5.66. The number of thioether (sulfide) groups is 1. The zero-order chi connectivity index (χ0) is 15.3. The second kappa shape index (κ2) is 7.29. The summed E-state index contributed by atoms with van der Waals surface area (Å²) in [4.78, 5) is 12.0. The molecule has 7 heteroatoms. The van der Waals surface area contributed by atoms with Gasteiger partial charge in [0.2, 0.25) is 10.0 Å². The average Bonchev–Trinajstić information content (AvgIpc) is 3.02. The molecule has 0 bridgehead atoms. The molecule has 21 heavy (non-hydrogen) atoms. The van der Waals surface area contributed by atoms with Crippen molar-refractivity contribution in [3.63, 3.8) is 0 Å². The Bertz CT molecular complexity index is 577. The molecule has 1 aromatic rings. The lowest BCUT2D eigenvalue weighted by molar-refractivity contribution is 0.0530. The summed E-state index contributed by atoms with van der Waals surface area (Å²) < 4.78 is 31.2. The van der Waals surface area contributed by atoms with Crippen LogP contribution in [0.3, 0.4) is 0 Å². The van der Waals surface area contributed by atoms with E-state index in [1.165, 1.54) is 28.6 Å². The zero-order valence-corrected chi connectivity index (χ0v) is 13.6. The van der Waals surface area contributed by atoms with Crippen molar-refractivity contribution < 1.29 is 17.9 Å². The molecule has 0 saturated carbocycles. The van der Waals surface area contributed by atoms with E-state index in [1.807, 2.05) is 6.26 Å². The molecular weight excluding hydrogens is 310 g/mol. The van der Waals surface area contributed by atoms with Crippen LogP contribution in [0, 0.1) is 0 Å². The average molecular weight is 329 g/mol. The molecule has 0 N–H and O–H groups in total. The molecule has 116 valence electrons. The molecule has 1 saturated heterocycles. The highest BCUT2D eigenvalue weighted by Crippen LogP contribution is 2.21. The fourth-order valence-electron chi connectivity index (χ4n) is 2.14. The van der Waals surface area contributed by atoms with Crippen LogP contribution in [0.4, 0.5) is 0 Å². The Morgan fingerprint density at radius 1 is 1.24 bits per heavy atom. The predicted octanol–water partition coefficient (Wildman–Crippen LogP) is 1.99. The van der Waals surface area contributed by atoms with Gasteiger partial charge in [0, 0.05) is 18.8 Å². The third-order valence-electron chi connectivity index (χ3n) is 3.31. The minimum absolute atomic E-state index is 0.227. The van der Waals surface area contributed by atoms with E-state index in [9.17, 15) is 13.2 Å². The molecule has 1 heterocycles. The number of sulfonamides is 1. The standard InChI is InChI=1S/C14H19NO4S2/c1-20-11-10-19-14(16)12-4-6-13(7-5-12)21(17,18)15-8-2-3-9-15/h4-7H,2-3,8-11H2,1H3. The molecule has 1 aromatic carbocycles. The monoisotopic (exact) mass is 329 g/mol. The van der Waals surface area contributed by atoms with Crippen molar-refractivity contribution in [2.45, 2.75) is 17.7 Å². The van der Waals surface area contributed by atoms with Crippen molar-refractivity contribution in [2.24, 2.45) is 0 Å². The first kappa shape index (κ1) is 16.3. The number of nitrogens with zero attached hydrogens (tertiary/aromatic N) is 1. The van der Waals surface area contributed by atoms with Crippen LogP contribution < -0.4 is 0 Å². The van der Waals surface area contributed by atoms with E-state index in [-0.39, 0.29) is 4.90 Å². The van der Waals surface area contributed by atoms with Crippen molar-refractivity contribution in [1.82, 2.24) is 4.31 Å². The number of esters is 1. The molecule has 0 atom stereocenters. The summed E-state index contributed by atoms with van der Waals surface area (Å²) in [5.74, 6) is 0.321. The zero-order valence-electron chi connectivity index (χ0n) is 11.9. The molecule has 0 unspecified atom stereocenters. The SMILES string of the molecule is CSCCOC(=O)c1ccc(S(=O)(=O)N2CCCC2)cc1. The van der Waals surface area contributed by atoms with Crippen molar-refractivity contribution in [3.8, 4) is 0 Å². The molecule has 1 fully saturated rings. The normalized spacial score (nSPS) is 16.0. The van der Waals surface area contributed by atoms with E-state index < -0.39 is 16.0 Å². The van der Waals surface area contributed by atoms with E-state index in [1.54, 1.807) is 11.8 Å². The van der Waals surface area contributed by atoms with Crippen LogP contribution in [0.2, 0.25) is 0 Å². The molecule has 5 nitrogen and oxygen atoms in total. The molecule has 0 aliphatic carbocycles. The van der Waals surface area contributed by atoms with E-state index in [0.29, 0.717) is 25.3 Å². The molecule has 0 radical (unpaired) electrons. The van der Waals surface area contributed by atoms with E-state index in [2.05, 4.69) is 0 Å². The molecule has 1 aliphatic heterocycles. The Labute approximate surface area is 129 Å². The fourth-order valence-corrected chi connectivity index (χ4v) is 3.91. The number of hydrogen-bond donors (Lipinski definition) is 0. The van der Waals surface area contributed by atoms with Crippen molar-refractivity contribution in [3.05, 3.63) is 29.8 Å². The van der Waals surface area contributed by atoms with Gasteiger partial charge in [0.05, 0.1) is 10.5 Å². The van der Waals surface area contributed by atoms with Crippen LogP contribution in [0.15, 0.2) is 29.2 Å². The van der Waals surface area contributed by atoms with E-state index in [4.69, 9.17) is 4.74 Å². The van der Waals surface area contributed by atoms with Gasteiger partial charge in [-0.1, -0.05) is 0 Å². The molecule has 0 aromatic heterocycles. The Morgan fingerprint density at radius 3 is 2.43 bits per heavy atom. The summed E-state index contributed by atoms with van der Waals surface area (Å²) >= 11 is 1.60. The van der Waals surface area contributed by atoms with Crippen LogP contribution >= 0.6 is 11.8 Å². The highest BCUT2D eigenvalue weighted by molar-refractivity contribution is 7.98. The number of benzene rings is 1. The number of ether oxygens (including phenoxy) is 1. The van der Waals surface area contributed by atoms with Gasteiger partial charge in [0.15, 0.2) is 0 Å². The highest BCUT2D eigenvalue weighted by Gasteiger charge is 2.27. The van der Waals surface area contributed by atoms with Crippen LogP contribution in [-0.4, -0.2) is 50.4 Å². The van der Waals surface area contributed by atoms with Gasteiger partial charge < -0.3 is 4.74 Å². The third-order valence-corrected chi connectivity index (χ3v) is 5.80. The number of carbonyl (C=O) groups is 1. The van der Waals surface area contributed by atoms with Crippen LogP contribution in [0.5, 0.6) is 0 Å². The lowest BCUT2D eigenvalue weighted by Crippen LogP contribution is -2.27. The summed E-state index contributed by atoms with van der Waals surface area (Å²) in [6.45, 7) is 1.50. The quantitative estimate of drug-likeness (QED) is 0.590. The largest absolute Gasteiger partial charge is 0.461 e. The second-order valence-corrected chi connectivity index (χ2v) is 7.69.